The van der Waals surface area contributed by atoms with E-state index in [0.717, 1.165) is 22.0 Å². The lowest BCUT2D eigenvalue weighted by Crippen LogP contribution is -2.48. The third kappa shape index (κ3) is 3.55. The number of carbonyl (C=O) groups is 1. The minimum atomic E-state index is -0.448. The van der Waals surface area contributed by atoms with Crippen molar-refractivity contribution in [3.05, 3.63) is 64.4 Å². The minimum Gasteiger partial charge on any atom is -0.501 e. The predicted molar refractivity (Wildman–Crippen MR) is 129 cm³/mol. The SMILES string of the molecule is C=CC(=O)N1CCN(c2snc3c(F)c(C4=C5C(=CNN5C)CC(OC)=C4)c(Cl)cc23)CC1. The number of nitrogens with zero attached hydrogens (tertiary/aromatic N) is 4. The van der Waals surface area contributed by atoms with Crippen LogP contribution in [0.4, 0.5) is 9.39 Å². The molecule has 0 radical (unpaired) electrons. The molecular weight excluding hydrogens is 465 g/mol. The molecule has 1 aliphatic carbocycles. The van der Waals surface area contributed by atoms with Crippen molar-refractivity contribution in [1.82, 2.24) is 19.7 Å². The fourth-order valence-corrected chi connectivity index (χ4v) is 5.74. The number of halogens is 2. The molecule has 0 bridgehead atoms. The van der Waals surface area contributed by atoms with Gasteiger partial charge < -0.3 is 20.0 Å². The fourth-order valence-electron chi connectivity index (χ4n) is 4.53. The number of aromatic nitrogens is 1. The molecule has 10 heteroatoms. The number of hydrogen-bond donors (Lipinski definition) is 1. The van der Waals surface area contributed by atoms with E-state index in [1.54, 1.807) is 18.1 Å². The summed E-state index contributed by atoms with van der Waals surface area (Å²) in [5.74, 6) is 0.211. The molecule has 3 heterocycles. The molecule has 5 rings (SSSR count). The Bertz CT molecular complexity index is 1260. The Balaban J connectivity index is 1.56. The monoisotopic (exact) mass is 487 g/mol. The number of fused-ring (bicyclic) bond motifs is 2. The van der Waals surface area contributed by atoms with Gasteiger partial charge in [-0.3, -0.25) is 9.80 Å². The van der Waals surface area contributed by atoms with Gasteiger partial charge in [0.1, 0.15) is 16.3 Å². The van der Waals surface area contributed by atoms with Gasteiger partial charge in [-0.15, -0.1) is 0 Å². The third-order valence-corrected chi connectivity index (χ3v) is 7.45. The van der Waals surface area contributed by atoms with Crippen LogP contribution in [0.25, 0.3) is 16.5 Å². The van der Waals surface area contributed by atoms with Crippen LogP contribution in [-0.4, -0.2) is 60.5 Å². The van der Waals surface area contributed by atoms with E-state index in [0.29, 0.717) is 59.7 Å². The molecule has 2 aromatic rings. The van der Waals surface area contributed by atoms with E-state index in [9.17, 15) is 4.79 Å². The maximum atomic E-state index is 15.9. The first kappa shape index (κ1) is 21.8. The van der Waals surface area contributed by atoms with Crippen LogP contribution in [0, 0.1) is 5.82 Å². The molecule has 2 aliphatic heterocycles. The molecule has 7 nitrogen and oxygen atoms in total. The Morgan fingerprint density at radius 3 is 2.82 bits per heavy atom. The summed E-state index contributed by atoms with van der Waals surface area (Å²) >= 11 is 7.97. The summed E-state index contributed by atoms with van der Waals surface area (Å²) in [6.07, 6.45) is 5.69. The summed E-state index contributed by atoms with van der Waals surface area (Å²) in [7, 11) is 3.49. The molecule has 1 amide bonds. The number of allylic oxidation sites excluding steroid dienone is 4. The Hall–Kier alpha value is -3.04. The molecule has 1 saturated heterocycles. The van der Waals surface area contributed by atoms with Crippen molar-refractivity contribution in [2.75, 3.05) is 45.2 Å². The maximum Gasteiger partial charge on any atom is 0.246 e. The first-order valence-electron chi connectivity index (χ1n) is 10.5. The summed E-state index contributed by atoms with van der Waals surface area (Å²) in [5.41, 5.74) is 6.30. The topological polar surface area (TPSA) is 60.9 Å². The van der Waals surface area contributed by atoms with Crippen molar-refractivity contribution in [2.45, 2.75) is 6.42 Å². The van der Waals surface area contributed by atoms with Crippen LogP contribution in [0.3, 0.4) is 0 Å². The molecule has 1 fully saturated rings. The number of piperazine rings is 1. The average Bonchev–Trinajstić information content (AvgIpc) is 3.42. The Morgan fingerprint density at radius 2 is 2.12 bits per heavy atom. The number of amides is 1. The Morgan fingerprint density at radius 1 is 1.36 bits per heavy atom. The van der Waals surface area contributed by atoms with Gasteiger partial charge in [0.2, 0.25) is 5.91 Å². The summed E-state index contributed by atoms with van der Waals surface area (Å²) in [4.78, 5) is 15.8. The van der Waals surface area contributed by atoms with Crippen LogP contribution in [-0.2, 0) is 9.53 Å². The van der Waals surface area contributed by atoms with Gasteiger partial charge in [0, 0.05) is 67.9 Å². The second-order valence-corrected chi connectivity index (χ2v) is 9.22. The number of rotatable bonds is 4. The van der Waals surface area contributed by atoms with Crippen LogP contribution in [0.15, 0.2) is 48.0 Å². The number of likely N-dealkylation sites (N-methyl/N-ethyl adjacent to an activating group) is 1. The van der Waals surface area contributed by atoms with Gasteiger partial charge in [-0.1, -0.05) is 18.2 Å². The van der Waals surface area contributed by atoms with Crippen molar-refractivity contribution in [1.29, 1.82) is 0 Å². The van der Waals surface area contributed by atoms with Gasteiger partial charge in [0.05, 0.1) is 17.8 Å². The lowest BCUT2D eigenvalue weighted by molar-refractivity contribution is -0.126. The summed E-state index contributed by atoms with van der Waals surface area (Å²) < 4.78 is 25.9. The summed E-state index contributed by atoms with van der Waals surface area (Å²) in [6.45, 7) is 5.98. The molecule has 1 N–H and O–H groups in total. The number of carbonyl (C=O) groups excluding carboxylic acids is 1. The number of benzene rings is 1. The van der Waals surface area contributed by atoms with Crippen LogP contribution >= 0.6 is 23.1 Å². The molecule has 1 aromatic carbocycles. The van der Waals surface area contributed by atoms with Gasteiger partial charge in [-0.05, 0) is 29.8 Å². The van der Waals surface area contributed by atoms with E-state index in [-0.39, 0.29) is 5.91 Å². The highest BCUT2D eigenvalue weighted by Gasteiger charge is 2.31. The van der Waals surface area contributed by atoms with Crippen LogP contribution < -0.4 is 10.3 Å². The fraction of sp³-hybridized carbons (Fsp3) is 0.304. The second-order valence-electron chi connectivity index (χ2n) is 8.06. The van der Waals surface area contributed by atoms with Crippen molar-refractivity contribution in [3.63, 3.8) is 0 Å². The molecule has 0 saturated carbocycles. The van der Waals surface area contributed by atoms with Gasteiger partial charge in [-0.2, -0.15) is 4.37 Å². The first-order chi connectivity index (χ1) is 15.9. The van der Waals surface area contributed by atoms with E-state index >= 15 is 4.39 Å². The number of nitrogens with one attached hydrogen (secondary N) is 1. The molecule has 0 unspecified atom stereocenters. The Kier molecular flexibility index (Phi) is 5.54. The zero-order valence-corrected chi connectivity index (χ0v) is 19.9. The molecule has 172 valence electrons. The smallest absolute Gasteiger partial charge is 0.246 e. The molecule has 1 aromatic heterocycles. The van der Waals surface area contributed by atoms with Crippen LogP contribution in [0.1, 0.15) is 12.0 Å². The Labute approximate surface area is 200 Å². The first-order valence-corrected chi connectivity index (χ1v) is 11.7. The van der Waals surface area contributed by atoms with E-state index in [4.69, 9.17) is 16.3 Å². The molecule has 3 aliphatic rings. The quantitative estimate of drug-likeness (QED) is 0.660. The highest BCUT2D eigenvalue weighted by Crippen LogP contribution is 2.44. The lowest BCUT2D eigenvalue weighted by atomic mass is 9.91. The standard InChI is InChI=1S/C23H23ClFN5O2S/c1-4-18(31)29-5-7-30(8-6-29)23-16-11-17(24)19(20(25)21(16)27-33-23)15-10-14(32-3)9-13-12-26-28(2)22(13)15/h4,10-12,26H,1,5-9H2,2-3H3. The maximum absolute atomic E-state index is 15.9. The number of hydrogen-bond acceptors (Lipinski definition) is 7. The number of methoxy groups -OCH3 is 1. The molecule has 0 spiro atoms. The normalized spacial score (nSPS) is 18.2. The number of anilines is 1. The third-order valence-electron chi connectivity index (χ3n) is 6.23. The molecule has 33 heavy (non-hydrogen) atoms. The van der Waals surface area contributed by atoms with Gasteiger partial charge in [0.25, 0.3) is 0 Å². The van der Waals surface area contributed by atoms with E-state index in [2.05, 4.69) is 21.3 Å². The van der Waals surface area contributed by atoms with Gasteiger partial charge in [0.15, 0.2) is 5.82 Å². The van der Waals surface area contributed by atoms with E-state index < -0.39 is 5.82 Å². The van der Waals surface area contributed by atoms with Gasteiger partial charge >= 0.3 is 0 Å². The summed E-state index contributed by atoms with van der Waals surface area (Å²) in [6, 6.07) is 1.80. The second kappa shape index (κ2) is 8.39. The highest BCUT2D eigenvalue weighted by molar-refractivity contribution is 7.11. The van der Waals surface area contributed by atoms with E-state index in [1.807, 2.05) is 24.3 Å². The zero-order valence-electron chi connectivity index (χ0n) is 18.3. The highest BCUT2D eigenvalue weighted by atomic mass is 35.5. The summed E-state index contributed by atoms with van der Waals surface area (Å²) in [5, 5.41) is 3.71. The van der Waals surface area contributed by atoms with E-state index in [1.165, 1.54) is 17.6 Å². The lowest BCUT2D eigenvalue weighted by Gasteiger charge is -2.34. The van der Waals surface area contributed by atoms with Crippen LogP contribution in [0.5, 0.6) is 0 Å². The zero-order chi connectivity index (χ0) is 23.3. The molecule has 0 atom stereocenters. The largest absolute Gasteiger partial charge is 0.501 e. The number of ether oxygens (including phenoxy) is 1. The van der Waals surface area contributed by atoms with Crippen LogP contribution in [0.2, 0.25) is 5.02 Å². The minimum absolute atomic E-state index is 0.0761. The predicted octanol–water partition coefficient (Wildman–Crippen LogP) is 3.90. The van der Waals surface area contributed by atoms with Crippen molar-refractivity contribution in [3.8, 4) is 0 Å². The van der Waals surface area contributed by atoms with Gasteiger partial charge in [-0.25, -0.2) is 4.39 Å². The van der Waals surface area contributed by atoms with Crippen molar-refractivity contribution >= 4 is 50.5 Å². The number of hydrazine groups is 1. The van der Waals surface area contributed by atoms with Crippen molar-refractivity contribution < 1.29 is 13.9 Å². The average molecular weight is 488 g/mol. The molecular formula is C23H23ClFN5O2S. The van der Waals surface area contributed by atoms with Crippen molar-refractivity contribution in [2.24, 2.45) is 0 Å².